The molecule has 0 bridgehead atoms. The minimum atomic E-state index is 0.869. The van der Waals surface area contributed by atoms with Gasteiger partial charge < -0.3 is 9.13 Å². The zero-order chi connectivity index (χ0) is 60.1. The smallest absolute Gasteiger partial charge is 0.160 e. The highest BCUT2D eigenvalue weighted by atomic mass is 79.9. The van der Waals surface area contributed by atoms with Crippen LogP contribution in [0.15, 0.2) is 320 Å². The lowest BCUT2D eigenvalue weighted by Crippen LogP contribution is -1.96. The molecule has 0 spiro atoms. The van der Waals surface area contributed by atoms with E-state index in [0.29, 0.717) is 0 Å². The molecule has 7 heterocycles. The normalized spacial score (nSPS) is 12.0. The summed E-state index contributed by atoms with van der Waals surface area (Å²) in [5, 5.41) is 19.4. The van der Waals surface area contributed by atoms with Crippen LogP contribution in [0.1, 0.15) is 11.1 Å². The first kappa shape index (κ1) is 52.5. The molecule has 8 heteroatoms. The van der Waals surface area contributed by atoms with Crippen LogP contribution in [-0.4, -0.2) is 32.9 Å². The first-order chi connectivity index (χ1) is 45.0. The van der Waals surface area contributed by atoms with E-state index in [9.17, 15) is 0 Å². The van der Waals surface area contributed by atoms with Gasteiger partial charge in [-0.1, -0.05) is 194 Å². The molecule has 20 rings (SSSR count). The topological polar surface area (TPSA) is 49.4 Å². The Hall–Kier alpha value is -11.6. The van der Waals surface area contributed by atoms with E-state index in [1.165, 1.54) is 121 Å². The molecule has 19 aromatic rings. The zero-order valence-electron chi connectivity index (χ0n) is 49.2. The summed E-state index contributed by atoms with van der Waals surface area (Å²) >= 11 is 3.38. The van der Waals surface area contributed by atoms with Gasteiger partial charge in [-0.15, -0.1) is 5.10 Å². The molecule has 0 fully saturated rings. The molecule has 0 saturated carbocycles. The van der Waals surface area contributed by atoms with Crippen LogP contribution in [-0.2, 0) is 6.42 Å². The lowest BCUT2D eigenvalue weighted by molar-refractivity contribution is 0.952. The van der Waals surface area contributed by atoms with Crippen LogP contribution in [0, 0.1) is 0 Å². The van der Waals surface area contributed by atoms with Gasteiger partial charge >= 0.3 is 0 Å². The largest absolute Gasteiger partial charge is 0.309 e. The number of pyridine rings is 2. The van der Waals surface area contributed by atoms with E-state index in [-0.39, 0.29) is 0 Å². The van der Waals surface area contributed by atoms with E-state index >= 15 is 0 Å². The lowest BCUT2D eigenvalue weighted by Gasteiger charge is -2.09. The number of fused-ring (bicyclic) bond motifs is 18. The second kappa shape index (κ2) is 21.3. The van der Waals surface area contributed by atoms with Gasteiger partial charge in [-0.2, -0.15) is 5.10 Å². The van der Waals surface area contributed by atoms with Crippen LogP contribution >= 0.6 is 15.9 Å². The fraction of sp³-hybridized carbons (Fsp3) is 0.0120. The number of hydrogen-bond acceptors (Lipinski definition) is 2. The van der Waals surface area contributed by atoms with Crippen molar-refractivity contribution in [2.75, 3.05) is 0 Å². The van der Waals surface area contributed by atoms with Crippen LogP contribution in [0.5, 0.6) is 0 Å². The SMILES string of the molecule is Brc1cc2ccc3ccccc3n2n1.c1ccc(-n2c3ccccc3c3cc(-c4ccc5c(c4)-c4ccccc4C5)ccc32)cc1.c1ccc(-n2c3ccccc3c3cc(-c4ccc5c(c4)c4ccccc4n5-c4cc5ccc6ccccc6n5n4)ccc32)cc1. The fourth-order valence-corrected chi connectivity index (χ4v) is 14.6. The molecule has 0 aliphatic heterocycles. The van der Waals surface area contributed by atoms with Crippen LogP contribution in [0.25, 0.3) is 149 Å². The fourth-order valence-electron chi connectivity index (χ4n) is 14.2. The Morgan fingerprint density at radius 2 is 0.659 bits per heavy atom. The van der Waals surface area contributed by atoms with E-state index in [0.717, 1.165) is 49.9 Å². The standard InChI is InChI=1S/C41H26N4.C31H21N.C11H7BrN2/c1-2-11-30(12-3-1)43-37-16-8-5-13-32(37)34-24-28(19-22-39(34)43)29-20-23-40-35(25-29)33-14-6-9-17-38(33)44(40)41-26-31-21-18-27-10-4-7-15-36(27)45(31)42-41;1-2-9-25(10-3-1)32-30-13-7-6-12-27(30)29-20-22(16-17-31(29)32)21-14-15-24-18-23-8-4-5-11-26(23)28(24)19-21;12-11-7-9-6-5-8-3-1-2-4-10(8)14(9)13-11/h1-26H;1-17,19-20H,18H2;1-7H. The van der Waals surface area contributed by atoms with Crippen molar-refractivity contribution < 1.29 is 0 Å². The van der Waals surface area contributed by atoms with E-state index in [4.69, 9.17) is 5.10 Å². The Labute approximate surface area is 531 Å². The zero-order valence-corrected chi connectivity index (χ0v) is 50.8. The van der Waals surface area contributed by atoms with Gasteiger partial charge in [0.15, 0.2) is 5.82 Å². The Morgan fingerprint density at radius 3 is 1.21 bits per heavy atom. The number of halogens is 1. The van der Waals surface area contributed by atoms with Crippen LogP contribution in [0.4, 0.5) is 0 Å². The predicted octanol–water partition coefficient (Wildman–Crippen LogP) is 21.6. The molecule has 1 aliphatic carbocycles. The van der Waals surface area contributed by atoms with E-state index in [2.05, 4.69) is 336 Å². The summed E-state index contributed by atoms with van der Waals surface area (Å²) in [5.41, 5.74) is 24.6. The third-order valence-electron chi connectivity index (χ3n) is 18.4. The summed E-state index contributed by atoms with van der Waals surface area (Å²) in [5.74, 6) is 0.917. The Morgan fingerprint density at radius 1 is 0.264 bits per heavy atom. The van der Waals surface area contributed by atoms with Crippen molar-refractivity contribution in [3.05, 3.63) is 331 Å². The second-order valence-corrected chi connectivity index (χ2v) is 24.4. The number of aromatic nitrogens is 7. The molecule has 428 valence electrons. The number of nitrogens with zero attached hydrogens (tertiary/aromatic N) is 7. The summed E-state index contributed by atoms with van der Waals surface area (Å²) in [4.78, 5) is 0. The summed E-state index contributed by atoms with van der Waals surface area (Å²) in [6.07, 6.45) is 1.04. The van der Waals surface area contributed by atoms with Gasteiger partial charge in [-0.25, -0.2) is 9.03 Å². The molecule has 1 aliphatic rings. The minimum Gasteiger partial charge on any atom is -0.309 e. The van der Waals surface area contributed by atoms with Gasteiger partial charge in [-0.05, 0) is 182 Å². The molecule has 91 heavy (non-hydrogen) atoms. The second-order valence-electron chi connectivity index (χ2n) is 23.6. The van der Waals surface area contributed by atoms with Crippen molar-refractivity contribution in [1.82, 2.24) is 32.9 Å². The molecule has 0 radical (unpaired) electrons. The maximum atomic E-state index is 5.13. The third kappa shape index (κ3) is 8.78. The van der Waals surface area contributed by atoms with Crippen LogP contribution < -0.4 is 0 Å². The van der Waals surface area contributed by atoms with Crippen molar-refractivity contribution in [3.63, 3.8) is 0 Å². The van der Waals surface area contributed by atoms with Crippen molar-refractivity contribution >= 4 is 114 Å². The molecule has 7 aromatic heterocycles. The highest BCUT2D eigenvalue weighted by molar-refractivity contribution is 9.10. The number of para-hydroxylation sites is 7. The molecular weight excluding hydrogens is 1170 g/mol. The maximum absolute atomic E-state index is 5.13. The molecule has 0 N–H and O–H groups in total. The minimum absolute atomic E-state index is 0.869. The molecule has 0 unspecified atom stereocenters. The predicted molar refractivity (Wildman–Crippen MR) is 382 cm³/mol. The number of hydrogen-bond donors (Lipinski definition) is 0. The molecule has 12 aromatic carbocycles. The average molecular weight is 1230 g/mol. The highest BCUT2D eigenvalue weighted by Gasteiger charge is 2.21. The van der Waals surface area contributed by atoms with Gasteiger partial charge in [-0.3, -0.25) is 4.57 Å². The maximum Gasteiger partial charge on any atom is 0.160 e. The van der Waals surface area contributed by atoms with E-state index in [1.54, 1.807) is 0 Å². The van der Waals surface area contributed by atoms with E-state index < -0.39 is 0 Å². The van der Waals surface area contributed by atoms with Crippen molar-refractivity contribution in [1.29, 1.82) is 0 Å². The van der Waals surface area contributed by atoms with Gasteiger partial charge in [0.2, 0.25) is 0 Å². The molecule has 0 saturated heterocycles. The third-order valence-corrected chi connectivity index (χ3v) is 18.8. The summed E-state index contributed by atoms with van der Waals surface area (Å²) in [6, 6.07) is 113. The Bertz CT molecular complexity index is 6080. The summed E-state index contributed by atoms with van der Waals surface area (Å²) in [7, 11) is 0. The molecule has 7 nitrogen and oxygen atoms in total. The van der Waals surface area contributed by atoms with Crippen molar-refractivity contribution in [2.24, 2.45) is 0 Å². The van der Waals surface area contributed by atoms with Crippen molar-refractivity contribution in [2.45, 2.75) is 6.42 Å². The first-order valence-electron chi connectivity index (χ1n) is 30.9. The lowest BCUT2D eigenvalue weighted by atomic mass is 9.97. The van der Waals surface area contributed by atoms with Gasteiger partial charge in [0.1, 0.15) is 4.60 Å². The molecule has 0 amide bonds. The average Bonchev–Trinajstić information content (AvgIpc) is 1.68. The summed E-state index contributed by atoms with van der Waals surface area (Å²) in [6.45, 7) is 0. The highest BCUT2D eigenvalue weighted by Crippen LogP contribution is 2.42. The monoisotopic (exact) mass is 1230 g/mol. The quantitative estimate of drug-likeness (QED) is 0.172. The number of benzene rings is 12. The van der Waals surface area contributed by atoms with E-state index in [1.807, 2.05) is 22.7 Å². The summed E-state index contributed by atoms with van der Waals surface area (Å²) < 4.78 is 11.9. The van der Waals surface area contributed by atoms with Gasteiger partial charge in [0.25, 0.3) is 0 Å². The van der Waals surface area contributed by atoms with Crippen molar-refractivity contribution in [3.8, 4) is 50.6 Å². The van der Waals surface area contributed by atoms with Crippen LogP contribution in [0.3, 0.4) is 0 Å². The Kier molecular flexibility index (Phi) is 12.3. The molecular formula is C83H54BrN7. The molecule has 0 atom stereocenters. The Balaban J connectivity index is 0.000000115. The van der Waals surface area contributed by atoms with Gasteiger partial charge in [0, 0.05) is 60.5 Å². The van der Waals surface area contributed by atoms with Gasteiger partial charge in [0.05, 0.1) is 55.2 Å². The van der Waals surface area contributed by atoms with Crippen LogP contribution in [0.2, 0.25) is 0 Å². The number of rotatable bonds is 5. The first-order valence-corrected chi connectivity index (χ1v) is 31.7.